The topological polar surface area (TPSA) is 61.9 Å². The van der Waals surface area contributed by atoms with Crippen LogP contribution in [-0.4, -0.2) is 54.7 Å². The Morgan fingerprint density at radius 2 is 1.59 bits per heavy atom. The number of rotatable bonds is 8. The minimum Gasteiger partial charge on any atom is -0.406 e. The number of carbonyl (C=O) groups is 2. The van der Waals surface area contributed by atoms with E-state index < -0.39 is 6.36 Å². The van der Waals surface area contributed by atoms with Crippen LogP contribution in [-0.2, 0) is 17.9 Å². The fourth-order valence-corrected chi connectivity index (χ4v) is 3.53. The van der Waals surface area contributed by atoms with Crippen molar-refractivity contribution in [3.8, 4) is 5.75 Å². The van der Waals surface area contributed by atoms with E-state index in [2.05, 4.69) is 10.1 Å². The van der Waals surface area contributed by atoms with Gasteiger partial charge in [-0.05, 0) is 55.3 Å². The molecule has 3 rings (SSSR count). The van der Waals surface area contributed by atoms with Crippen LogP contribution in [0.2, 0.25) is 0 Å². The summed E-state index contributed by atoms with van der Waals surface area (Å²) in [6.45, 7) is 2.47. The van der Waals surface area contributed by atoms with Gasteiger partial charge in [-0.2, -0.15) is 0 Å². The highest BCUT2D eigenvalue weighted by atomic mass is 19.4. The lowest BCUT2D eigenvalue weighted by Gasteiger charge is -2.17. The summed E-state index contributed by atoms with van der Waals surface area (Å²) in [6.07, 6.45) is -2.63. The van der Waals surface area contributed by atoms with Crippen molar-refractivity contribution >= 4 is 11.8 Å². The van der Waals surface area contributed by atoms with Crippen LogP contribution in [0.3, 0.4) is 0 Å². The SMILES string of the molecule is CN(CC(=O)NCc1ccc(C(=O)N2CCCC2)cc1)Cc1ccc(OC(F)(F)F)cc1. The summed E-state index contributed by atoms with van der Waals surface area (Å²) in [7, 11) is 1.75. The van der Waals surface area contributed by atoms with E-state index in [1.54, 1.807) is 24.1 Å². The van der Waals surface area contributed by atoms with Gasteiger partial charge in [0.25, 0.3) is 5.91 Å². The summed E-state index contributed by atoms with van der Waals surface area (Å²) in [5.41, 5.74) is 2.29. The Labute approximate surface area is 184 Å². The summed E-state index contributed by atoms with van der Waals surface area (Å²) in [4.78, 5) is 28.2. The van der Waals surface area contributed by atoms with Crippen LogP contribution in [0.1, 0.15) is 34.3 Å². The zero-order valence-electron chi connectivity index (χ0n) is 17.8. The van der Waals surface area contributed by atoms with E-state index in [9.17, 15) is 22.8 Å². The number of likely N-dealkylation sites (tertiary alicyclic amines) is 1. The predicted octanol–water partition coefficient (Wildman–Crippen LogP) is 3.57. The lowest BCUT2D eigenvalue weighted by Crippen LogP contribution is -2.34. The largest absolute Gasteiger partial charge is 0.573 e. The third-order valence-corrected chi connectivity index (χ3v) is 5.11. The maximum atomic E-state index is 12.4. The van der Waals surface area contributed by atoms with Gasteiger partial charge >= 0.3 is 6.36 Å². The summed E-state index contributed by atoms with van der Waals surface area (Å²) >= 11 is 0. The number of nitrogens with one attached hydrogen (secondary N) is 1. The van der Waals surface area contributed by atoms with E-state index in [1.807, 2.05) is 17.0 Å². The molecule has 0 atom stereocenters. The van der Waals surface area contributed by atoms with Crippen molar-refractivity contribution in [3.63, 3.8) is 0 Å². The fourth-order valence-electron chi connectivity index (χ4n) is 3.53. The van der Waals surface area contributed by atoms with Gasteiger partial charge in [-0.3, -0.25) is 14.5 Å². The summed E-state index contributed by atoms with van der Waals surface area (Å²) in [5, 5.41) is 2.83. The van der Waals surface area contributed by atoms with Gasteiger partial charge in [0.05, 0.1) is 6.54 Å². The molecule has 6 nitrogen and oxygen atoms in total. The van der Waals surface area contributed by atoms with Gasteiger partial charge in [-0.15, -0.1) is 13.2 Å². The van der Waals surface area contributed by atoms with Crippen molar-refractivity contribution in [2.75, 3.05) is 26.7 Å². The number of halogens is 3. The normalized spacial score (nSPS) is 14.0. The Balaban J connectivity index is 1.41. The molecule has 1 heterocycles. The number of benzene rings is 2. The van der Waals surface area contributed by atoms with Crippen molar-refractivity contribution in [2.45, 2.75) is 32.3 Å². The van der Waals surface area contributed by atoms with Gasteiger partial charge in [0, 0.05) is 31.7 Å². The maximum Gasteiger partial charge on any atom is 0.573 e. The molecular formula is C23H26F3N3O3. The van der Waals surface area contributed by atoms with Crippen LogP contribution in [0.5, 0.6) is 5.75 Å². The van der Waals surface area contributed by atoms with Gasteiger partial charge in [0.15, 0.2) is 0 Å². The second kappa shape index (κ2) is 10.5. The molecule has 172 valence electrons. The number of hydrogen-bond donors (Lipinski definition) is 1. The third kappa shape index (κ3) is 7.26. The van der Waals surface area contributed by atoms with Crippen LogP contribution < -0.4 is 10.1 Å². The molecule has 2 aromatic carbocycles. The number of nitrogens with zero attached hydrogens (tertiary/aromatic N) is 2. The molecule has 0 aliphatic carbocycles. The Bertz CT molecular complexity index is 909. The molecule has 1 N–H and O–H groups in total. The Kier molecular flexibility index (Phi) is 7.74. The average molecular weight is 449 g/mol. The Morgan fingerprint density at radius 1 is 1.00 bits per heavy atom. The van der Waals surface area contributed by atoms with Crippen LogP contribution in [0.25, 0.3) is 0 Å². The van der Waals surface area contributed by atoms with Crippen LogP contribution in [0, 0.1) is 0 Å². The quantitative estimate of drug-likeness (QED) is 0.670. The zero-order chi connectivity index (χ0) is 23.1. The molecule has 0 saturated carbocycles. The second-order valence-corrected chi connectivity index (χ2v) is 7.84. The van der Waals surface area contributed by atoms with Gasteiger partial charge in [-0.1, -0.05) is 24.3 Å². The highest BCUT2D eigenvalue weighted by Crippen LogP contribution is 2.23. The average Bonchev–Trinajstić information content (AvgIpc) is 3.27. The van der Waals surface area contributed by atoms with Gasteiger partial charge in [0.1, 0.15) is 5.75 Å². The predicted molar refractivity (Wildman–Crippen MR) is 113 cm³/mol. The third-order valence-electron chi connectivity index (χ3n) is 5.11. The number of amides is 2. The molecule has 1 fully saturated rings. The molecule has 9 heteroatoms. The molecule has 0 radical (unpaired) electrons. The van der Waals surface area contributed by atoms with Crippen molar-refractivity contribution in [3.05, 3.63) is 65.2 Å². The van der Waals surface area contributed by atoms with Crippen molar-refractivity contribution < 1.29 is 27.5 Å². The molecule has 32 heavy (non-hydrogen) atoms. The van der Waals surface area contributed by atoms with Crippen LogP contribution >= 0.6 is 0 Å². The summed E-state index contributed by atoms with van der Waals surface area (Å²) in [6, 6.07) is 12.8. The first-order valence-electron chi connectivity index (χ1n) is 10.4. The minimum absolute atomic E-state index is 0.0395. The first-order chi connectivity index (χ1) is 15.2. The second-order valence-electron chi connectivity index (χ2n) is 7.84. The zero-order valence-corrected chi connectivity index (χ0v) is 17.8. The van der Waals surface area contributed by atoms with E-state index in [0.717, 1.165) is 37.1 Å². The number of alkyl halides is 3. The highest BCUT2D eigenvalue weighted by molar-refractivity contribution is 5.94. The molecule has 2 amide bonds. The molecule has 1 aliphatic rings. The van der Waals surface area contributed by atoms with Gasteiger partial charge in [-0.25, -0.2) is 0 Å². The van der Waals surface area contributed by atoms with Gasteiger partial charge < -0.3 is 15.0 Å². The van der Waals surface area contributed by atoms with E-state index in [1.165, 1.54) is 24.3 Å². The van der Waals surface area contributed by atoms with Crippen molar-refractivity contribution in [1.82, 2.24) is 15.1 Å². The smallest absolute Gasteiger partial charge is 0.406 e. The first kappa shape index (κ1) is 23.6. The van der Waals surface area contributed by atoms with Crippen LogP contribution in [0.4, 0.5) is 13.2 Å². The number of carbonyl (C=O) groups excluding carboxylic acids is 2. The van der Waals surface area contributed by atoms with E-state index in [4.69, 9.17) is 0 Å². The minimum atomic E-state index is -4.72. The molecule has 1 aliphatic heterocycles. The monoisotopic (exact) mass is 449 g/mol. The molecule has 2 aromatic rings. The number of ether oxygens (including phenoxy) is 1. The standard InChI is InChI=1S/C23H26F3N3O3/c1-28(15-18-6-10-20(11-7-18)32-23(24,25)26)16-21(30)27-14-17-4-8-19(9-5-17)22(31)29-12-2-3-13-29/h4-11H,2-3,12-16H2,1H3,(H,27,30). The van der Waals surface area contributed by atoms with E-state index in [-0.39, 0.29) is 24.1 Å². The molecule has 0 bridgehead atoms. The first-order valence-corrected chi connectivity index (χ1v) is 10.4. The molecule has 1 saturated heterocycles. The van der Waals surface area contributed by atoms with Crippen molar-refractivity contribution in [1.29, 1.82) is 0 Å². The number of hydrogen-bond acceptors (Lipinski definition) is 4. The lowest BCUT2D eigenvalue weighted by atomic mass is 10.1. The van der Waals surface area contributed by atoms with Crippen LogP contribution in [0.15, 0.2) is 48.5 Å². The summed E-state index contributed by atoms with van der Waals surface area (Å²) in [5.74, 6) is -0.422. The molecular weight excluding hydrogens is 423 g/mol. The molecule has 0 unspecified atom stereocenters. The Hall–Kier alpha value is -3.07. The molecule has 0 spiro atoms. The fraction of sp³-hybridized carbons (Fsp3) is 0.391. The van der Waals surface area contributed by atoms with Crippen molar-refractivity contribution in [2.24, 2.45) is 0 Å². The Morgan fingerprint density at radius 3 is 2.19 bits per heavy atom. The maximum absolute atomic E-state index is 12.4. The van der Waals surface area contributed by atoms with E-state index >= 15 is 0 Å². The van der Waals surface area contributed by atoms with E-state index in [0.29, 0.717) is 18.7 Å². The number of likely N-dealkylation sites (N-methyl/N-ethyl adjacent to an activating group) is 1. The van der Waals surface area contributed by atoms with Gasteiger partial charge in [0.2, 0.25) is 5.91 Å². The lowest BCUT2D eigenvalue weighted by molar-refractivity contribution is -0.274. The highest BCUT2D eigenvalue weighted by Gasteiger charge is 2.31. The summed E-state index contributed by atoms with van der Waals surface area (Å²) < 4.78 is 40.5. The molecule has 0 aromatic heterocycles.